The number of amides is 2. The van der Waals surface area contributed by atoms with Crippen LogP contribution in [0.1, 0.15) is 39.5 Å². The zero-order chi connectivity index (χ0) is 11.5. The van der Waals surface area contributed by atoms with Gasteiger partial charge in [0.1, 0.15) is 0 Å². The number of nitrogens with one attached hydrogen (secondary N) is 1. The fraction of sp³-hybridized carbons (Fsp3) is 0.909. The van der Waals surface area contributed by atoms with Crippen LogP contribution in [-0.4, -0.2) is 37.1 Å². The van der Waals surface area contributed by atoms with Crippen LogP contribution in [0.15, 0.2) is 0 Å². The summed E-state index contributed by atoms with van der Waals surface area (Å²) in [5.41, 5.74) is 5.47. The second-order valence-electron chi connectivity index (χ2n) is 3.71. The molecule has 0 saturated carbocycles. The Balaban J connectivity index is 3.81. The highest BCUT2D eigenvalue weighted by Crippen LogP contribution is 1.95. The largest absolute Gasteiger partial charge is 0.338 e. The highest BCUT2D eigenvalue weighted by molar-refractivity contribution is 5.74. The molecule has 0 fully saturated rings. The summed E-state index contributed by atoms with van der Waals surface area (Å²) in [6.07, 6.45) is 4.28. The van der Waals surface area contributed by atoms with Crippen LogP contribution in [0.5, 0.6) is 0 Å². The first-order chi connectivity index (χ1) is 7.26. The predicted molar refractivity (Wildman–Crippen MR) is 63.8 cm³/mol. The second-order valence-corrected chi connectivity index (χ2v) is 3.71. The van der Waals surface area contributed by atoms with E-state index in [-0.39, 0.29) is 6.03 Å². The van der Waals surface area contributed by atoms with Crippen LogP contribution >= 0.6 is 0 Å². The monoisotopic (exact) mass is 215 g/mol. The van der Waals surface area contributed by atoms with E-state index >= 15 is 0 Å². The molecule has 0 aromatic rings. The molecule has 0 atom stereocenters. The molecule has 0 aromatic carbocycles. The molecule has 0 heterocycles. The van der Waals surface area contributed by atoms with Gasteiger partial charge in [0.15, 0.2) is 0 Å². The van der Waals surface area contributed by atoms with E-state index in [0.717, 1.165) is 38.8 Å². The Morgan fingerprint density at radius 1 is 1.20 bits per heavy atom. The summed E-state index contributed by atoms with van der Waals surface area (Å²) in [7, 11) is 0. The maximum absolute atomic E-state index is 11.7. The normalized spacial score (nSPS) is 10.1. The van der Waals surface area contributed by atoms with Crippen LogP contribution in [0.2, 0.25) is 0 Å². The van der Waals surface area contributed by atoms with E-state index in [9.17, 15) is 4.79 Å². The van der Waals surface area contributed by atoms with Gasteiger partial charge < -0.3 is 16.0 Å². The summed E-state index contributed by atoms with van der Waals surface area (Å²) >= 11 is 0. The lowest BCUT2D eigenvalue weighted by Gasteiger charge is -2.22. The van der Waals surface area contributed by atoms with Gasteiger partial charge in [0.05, 0.1) is 0 Å². The fourth-order valence-electron chi connectivity index (χ4n) is 1.30. The Morgan fingerprint density at radius 2 is 1.87 bits per heavy atom. The lowest BCUT2D eigenvalue weighted by molar-refractivity contribution is 0.198. The van der Waals surface area contributed by atoms with Gasteiger partial charge in [-0.25, -0.2) is 4.79 Å². The van der Waals surface area contributed by atoms with Gasteiger partial charge >= 0.3 is 6.03 Å². The number of nitrogens with two attached hydrogens (primary N) is 1. The first-order valence-electron chi connectivity index (χ1n) is 5.99. The first-order valence-corrected chi connectivity index (χ1v) is 5.99. The molecule has 0 spiro atoms. The molecule has 15 heavy (non-hydrogen) atoms. The van der Waals surface area contributed by atoms with E-state index < -0.39 is 0 Å². The van der Waals surface area contributed by atoms with Gasteiger partial charge in [-0.1, -0.05) is 26.7 Å². The Labute approximate surface area is 93.2 Å². The van der Waals surface area contributed by atoms with Crippen LogP contribution in [0.25, 0.3) is 0 Å². The van der Waals surface area contributed by atoms with Crippen molar-refractivity contribution >= 4 is 6.03 Å². The van der Waals surface area contributed by atoms with Crippen LogP contribution < -0.4 is 11.1 Å². The van der Waals surface area contributed by atoms with E-state index in [2.05, 4.69) is 19.2 Å². The van der Waals surface area contributed by atoms with Crippen LogP contribution in [0, 0.1) is 0 Å². The standard InChI is InChI=1S/C11H25N3O/c1-3-5-8-13-11(15)14(10-7-12)9-6-4-2/h3-10,12H2,1-2H3,(H,13,15). The Bertz CT molecular complexity index is 162. The van der Waals surface area contributed by atoms with Crippen molar-refractivity contribution in [2.45, 2.75) is 39.5 Å². The zero-order valence-corrected chi connectivity index (χ0v) is 10.1. The van der Waals surface area contributed by atoms with Gasteiger partial charge in [-0.3, -0.25) is 0 Å². The van der Waals surface area contributed by atoms with Crippen molar-refractivity contribution in [3.8, 4) is 0 Å². The number of nitrogens with zero attached hydrogens (tertiary/aromatic N) is 1. The number of unbranched alkanes of at least 4 members (excludes halogenated alkanes) is 2. The highest BCUT2D eigenvalue weighted by atomic mass is 16.2. The van der Waals surface area contributed by atoms with Crippen molar-refractivity contribution in [1.29, 1.82) is 0 Å². The predicted octanol–water partition coefficient (Wildman–Crippen LogP) is 1.56. The molecule has 0 radical (unpaired) electrons. The third-order valence-electron chi connectivity index (χ3n) is 2.27. The molecular formula is C11H25N3O. The average molecular weight is 215 g/mol. The van der Waals surface area contributed by atoms with Crippen LogP contribution in [0.3, 0.4) is 0 Å². The number of rotatable bonds is 8. The van der Waals surface area contributed by atoms with Crippen molar-refractivity contribution in [2.75, 3.05) is 26.2 Å². The van der Waals surface area contributed by atoms with Gasteiger partial charge in [-0.05, 0) is 12.8 Å². The van der Waals surface area contributed by atoms with Gasteiger partial charge in [-0.15, -0.1) is 0 Å². The quantitative estimate of drug-likeness (QED) is 0.604. The Hall–Kier alpha value is -0.770. The minimum atomic E-state index is 0.0300. The molecule has 2 amide bonds. The molecule has 0 aliphatic carbocycles. The second kappa shape index (κ2) is 9.77. The maximum atomic E-state index is 11.7. The number of hydrogen-bond acceptors (Lipinski definition) is 2. The summed E-state index contributed by atoms with van der Waals surface area (Å²) in [4.78, 5) is 13.5. The van der Waals surface area contributed by atoms with E-state index in [4.69, 9.17) is 5.73 Å². The maximum Gasteiger partial charge on any atom is 0.317 e. The third-order valence-corrected chi connectivity index (χ3v) is 2.27. The third kappa shape index (κ3) is 7.19. The summed E-state index contributed by atoms with van der Waals surface area (Å²) in [6.45, 7) is 6.99. The number of hydrogen-bond donors (Lipinski definition) is 2. The summed E-state index contributed by atoms with van der Waals surface area (Å²) in [6, 6.07) is 0.0300. The minimum Gasteiger partial charge on any atom is -0.338 e. The summed E-state index contributed by atoms with van der Waals surface area (Å²) < 4.78 is 0. The lowest BCUT2D eigenvalue weighted by Crippen LogP contribution is -2.43. The van der Waals surface area contributed by atoms with Gasteiger partial charge in [0.2, 0.25) is 0 Å². The van der Waals surface area contributed by atoms with Crippen molar-refractivity contribution in [2.24, 2.45) is 5.73 Å². The highest BCUT2D eigenvalue weighted by Gasteiger charge is 2.10. The number of carbonyl (C=O) groups is 1. The molecule has 4 heteroatoms. The molecule has 0 rings (SSSR count). The zero-order valence-electron chi connectivity index (χ0n) is 10.1. The van der Waals surface area contributed by atoms with Crippen LogP contribution in [-0.2, 0) is 0 Å². The summed E-state index contributed by atoms with van der Waals surface area (Å²) in [5.74, 6) is 0. The molecule has 0 unspecified atom stereocenters. The molecule has 0 aliphatic rings. The fourth-order valence-corrected chi connectivity index (χ4v) is 1.30. The molecule has 0 saturated heterocycles. The van der Waals surface area contributed by atoms with E-state index in [1.165, 1.54) is 0 Å². The van der Waals surface area contributed by atoms with Crippen LogP contribution in [0.4, 0.5) is 4.79 Å². The van der Waals surface area contributed by atoms with Gasteiger partial charge in [0.25, 0.3) is 0 Å². The first kappa shape index (κ1) is 14.2. The lowest BCUT2D eigenvalue weighted by atomic mass is 10.3. The molecule has 90 valence electrons. The van der Waals surface area contributed by atoms with Crippen molar-refractivity contribution in [3.63, 3.8) is 0 Å². The molecular weight excluding hydrogens is 190 g/mol. The topological polar surface area (TPSA) is 58.4 Å². The molecule has 0 aromatic heterocycles. The average Bonchev–Trinajstić information content (AvgIpc) is 2.24. The molecule has 0 bridgehead atoms. The molecule has 3 N–H and O–H groups in total. The van der Waals surface area contributed by atoms with E-state index in [1.807, 2.05) is 0 Å². The smallest absolute Gasteiger partial charge is 0.317 e. The van der Waals surface area contributed by atoms with Crippen molar-refractivity contribution < 1.29 is 4.79 Å². The van der Waals surface area contributed by atoms with Crippen molar-refractivity contribution in [3.05, 3.63) is 0 Å². The van der Waals surface area contributed by atoms with Gasteiger partial charge in [0, 0.05) is 26.2 Å². The summed E-state index contributed by atoms with van der Waals surface area (Å²) in [5, 5.41) is 2.91. The van der Waals surface area contributed by atoms with Crippen molar-refractivity contribution in [1.82, 2.24) is 10.2 Å². The SMILES string of the molecule is CCCCNC(=O)N(CCN)CCCC. The molecule has 0 aliphatic heterocycles. The van der Waals surface area contributed by atoms with E-state index in [1.54, 1.807) is 4.90 Å². The number of urea groups is 1. The molecule has 4 nitrogen and oxygen atoms in total. The van der Waals surface area contributed by atoms with E-state index in [0.29, 0.717) is 13.1 Å². The number of carbonyl (C=O) groups excluding carboxylic acids is 1. The Morgan fingerprint density at radius 3 is 2.40 bits per heavy atom. The minimum absolute atomic E-state index is 0.0300. The Kier molecular flexibility index (Phi) is 9.27. The van der Waals surface area contributed by atoms with Gasteiger partial charge in [-0.2, -0.15) is 0 Å².